The van der Waals surface area contributed by atoms with E-state index in [9.17, 15) is 9.59 Å². The van der Waals surface area contributed by atoms with E-state index in [1.807, 2.05) is 18.2 Å². The number of hydrogen-bond donors (Lipinski definition) is 2. The van der Waals surface area contributed by atoms with Crippen molar-refractivity contribution in [3.63, 3.8) is 0 Å². The highest BCUT2D eigenvalue weighted by Crippen LogP contribution is 2.20. The van der Waals surface area contributed by atoms with Gasteiger partial charge in [0.1, 0.15) is 12.6 Å². The van der Waals surface area contributed by atoms with E-state index in [2.05, 4.69) is 5.32 Å². The third-order valence-electron chi connectivity index (χ3n) is 2.79. The van der Waals surface area contributed by atoms with E-state index >= 15 is 0 Å². The Labute approximate surface area is 114 Å². The van der Waals surface area contributed by atoms with Crippen molar-refractivity contribution in [1.82, 2.24) is 9.88 Å². The highest BCUT2D eigenvalue weighted by molar-refractivity contribution is 6.31. The van der Waals surface area contributed by atoms with Gasteiger partial charge in [0, 0.05) is 22.1 Å². The van der Waals surface area contributed by atoms with E-state index in [0.29, 0.717) is 5.02 Å². The summed E-state index contributed by atoms with van der Waals surface area (Å²) in [7, 11) is 0. The van der Waals surface area contributed by atoms with Crippen LogP contribution in [0.3, 0.4) is 0 Å². The molecule has 2 N–H and O–H groups in total. The average Bonchev–Trinajstić information content (AvgIpc) is 2.71. The highest BCUT2D eigenvalue weighted by atomic mass is 35.5. The van der Waals surface area contributed by atoms with Crippen molar-refractivity contribution in [1.29, 1.82) is 0 Å². The van der Waals surface area contributed by atoms with Gasteiger partial charge in [0.05, 0.1) is 0 Å². The maximum absolute atomic E-state index is 11.7. The second kappa shape index (κ2) is 5.32. The van der Waals surface area contributed by atoms with Gasteiger partial charge in [0.15, 0.2) is 0 Å². The Morgan fingerprint density at radius 3 is 2.84 bits per heavy atom. The molecule has 100 valence electrons. The van der Waals surface area contributed by atoms with Crippen LogP contribution in [0, 0.1) is 0 Å². The first-order valence-electron chi connectivity index (χ1n) is 5.74. The molecule has 0 aliphatic heterocycles. The summed E-state index contributed by atoms with van der Waals surface area (Å²) < 4.78 is 1.75. The number of carbonyl (C=O) groups is 2. The molecule has 0 saturated heterocycles. The van der Waals surface area contributed by atoms with E-state index in [1.165, 1.54) is 6.92 Å². The van der Waals surface area contributed by atoms with Gasteiger partial charge in [-0.05, 0) is 31.2 Å². The van der Waals surface area contributed by atoms with E-state index in [1.54, 1.807) is 16.8 Å². The Morgan fingerprint density at radius 2 is 2.16 bits per heavy atom. The molecule has 1 aromatic heterocycles. The second-order valence-corrected chi connectivity index (χ2v) is 4.71. The lowest BCUT2D eigenvalue weighted by atomic mass is 10.2. The monoisotopic (exact) mass is 280 g/mol. The van der Waals surface area contributed by atoms with Gasteiger partial charge in [-0.2, -0.15) is 0 Å². The predicted octanol–water partition coefficient (Wildman–Crippen LogP) is 1.88. The Morgan fingerprint density at radius 1 is 1.42 bits per heavy atom. The summed E-state index contributed by atoms with van der Waals surface area (Å²) in [5, 5.41) is 12.7. The molecular weight excluding hydrogens is 268 g/mol. The second-order valence-electron chi connectivity index (χ2n) is 4.27. The number of nitrogens with zero attached hydrogens (tertiary/aromatic N) is 1. The molecule has 2 aromatic rings. The molecule has 6 heteroatoms. The molecule has 19 heavy (non-hydrogen) atoms. The first-order valence-corrected chi connectivity index (χ1v) is 6.12. The third kappa shape index (κ3) is 3.06. The first kappa shape index (κ1) is 13.4. The number of benzene rings is 1. The molecule has 5 nitrogen and oxygen atoms in total. The molecule has 1 amide bonds. The number of hydrogen-bond acceptors (Lipinski definition) is 2. The Bertz CT molecular complexity index is 636. The third-order valence-corrected chi connectivity index (χ3v) is 3.03. The lowest BCUT2D eigenvalue weighted by Gasteiger charge is -2.10. The number of amides is 1. The number of aromatic nitrogens is 1. The maximum Gasteiger partial charge on any atom is 0.325 e. The number of aliphatic carboxylic acids is 1. The van der Waals surface area contributed by atoms with E-state index in [0.717, 1.165) is 10.9 Å². The number of rotatable bonds is 4. The minimum Gasteiger partial charge on any atom is -0.480 e. The Hall–Kier alpha value is -2.01. The summed E-state index contributed by atoms with van der Waals surface area (Å²) in [5.41, 5.74) is 0.877. The lowest BCUT2D eigenvalue weighted by molar-refractivity contribution is -0.141. The summed E-state index contributed by atoms with van der Waals surface area (Å²) in [5.74, 6) is -1.40. The van der Waals surface area contributed by atoms with Crippen molar-refractivity contribution in [3.8, 4) is 0 Å². The fraction of sp³-hybridized carbons (Fsp3) is 0.231. The van der Waals surface area contributed by atoms with Gasteiger partial charge in [0.25, 0.3) is 0 Å². The van der Waals surface area contributed by atoms with Crippen molar-refractivity contribution in [2.24, 2.45) is 0 Å². The zero-order valence-corrected chi connectivity index (χ0v) is 11.0. The van der Waals surface area contributed by atoms with Crippen LogP contribution < -0.4 is 5.32 Å². The summed E-state index contributed by atoms with van der Waals surface area (Å²) in [4.78, 5) is 22.4. The van der Waals surface area contributed by atoms with Gasteiger partial charge < -0.3 is 15.0 Å². The molecule has 1 atom stereocenters. The van der Waals surface area contributed by atoms with E-state index in [-0.39, 0.29) is 12.5 Å². The van der Waals surface area contributed by atoms with Crippen molar-refractivity contribution in [2.45, 2.75) is 19.5 Å². The molecule has 0 radical (unpaired) electrons. The van der Waals surface area contributed by atoms with Crippen LogP contribution in [0.4, 0.5) is 0 Å². The standard InChI is InChI=1S/C13H13ClN2O3/c1-8(13(18)19)15-12(17)7-16-5-4-9-6-10(14)2-3-11(9)16/h2-6,8H,7H2,1H3,(H,15,17)(H,18,19)/t8-/m1/s1. The van der Waals surface area contributed by atoms with E-state index < -0.39 is 12.0 Å². The van der Waals surface area contributed by atoms with Gasteiger partial charge in [-0.15, -0.1) is 0 Å². The van der Waals surface area contributed by atoms with Crippen molar-refractivity contribution in [2.75, 3.05) is 0 Å². The quantitative estimate of drug-likeness (QED) is 0.898. The Balaban J connectivity index is 2.13. The van der Waals surface area contributed by atoms with Crippen molar-refractivity contribution < 1.29 is 14.7 Å². The number of nitrogens with one attached hydrogen (secondary N) is 1. The molecule has 1 aromatic carbocycles. The number of carboxylic acid groups (broad SMARTS) is 1. The number of halogens is 1. The molecule has 0 aliphatic rings. The van der Waals surface area contributed by atoms with Gasteiger partial charge in [-0.25, -0.2) is 0 Å². The van der Waals surface area contributed by atoms with Crippen LogP contribution in [0.1, 0.15) is 6.92 Å². The average molecular weight is 281 g/mol. The van der Waals surface area contributed by atoms with Gasteiger partial charge >= 0.3 is 5.97 Å². The normalized spacial score (nSPS) is 12.3. The molecule has 2 rings (SSSR count). The molecule has 1 heterocycles. The van der Waals surface area contributed by atoms with Crippen LogP contribution in [0.5, 0.6) is 0 Å². The Kier molecular flexibility index (Phi) is 3.76. The van der Waals surface area contributed by atoms with E-state index in [4.69, 9.17) is 16.7 Å². The molecule has 0 saturated carbocycles. The van der Waals surface area contributed by atoms with Crippen molar-refractivity contribution in [3.05, 3.63) is 35.5 Å². The van der Waals surface area contributed by atoms with Crippen LogP contribution in [-0.2, 0) is 16.1 Å². The van der Waals surface area contributed by atoms with Gasteiger partial charge in [-0.1, -0.05) is 11.6 Å². The first-order chi connectivity index (χ1) is 8.97. The van der Waals surface area contributed by atoms with Crippen LogP contribution in [0.15, 0.2) is 30.5 Å². The summed E-state index contributed by atoms with van der Waals surface area (Å²) in [6.45, 7) is 1.50. The fourth-order valence-electron chi connectivity index (χ4n) is 1.81. The lowest BCUT2D eigenvalue weighted by Crippen LogP contribution is -2.39. The van der Waals surface area contributed by atoms with Crippen LogP contribution in [-0.4, -0.2) is 27.6 Å². The maximum atomic E-state index is 11.7. The SMILES string of the molecule is C[C@@H](NC(=O)Cn1ccc2cc(Cl)ccc21)C(=O)O. The molecule has 0 fully saturated rings. The minimum atomic E-state index is -1.06. The van der Waals surface area contributed by atoms with Crippen LogP contribution in [0.2, 0.25) is 5.02 Å². The summed E-state index contributed by atoms with van der Waals surface area (Å²) in [6.07, 6.45) is 1.77. The topological polar surface area (TPSA) is 71.3 Å². The smallest absolute Gasteiger partial charge is 0.325 e. The molecule has 0 unspecified atom stereocenters. The van der Waals surface area contributed by atoms with Crippen LogP contribution in [0.25, 0.3) is 10.9 Å². The number of carbonyl (C=O) groups excluding carboxylic acids is 1. The molecule has 0 bridgehead atoms. The highest BCUT2D eigenvalue weighted by Gasteiger charge is 2.14. The zero-order chi connectivity index (χ0) is 14.0. The van der Waals surface area contributed by atoms with Crippen LogP contribution >= 0.6 is 11.6 Å². The molecule has 0 spiro atoms. The number of carboxylic acids is 1. The fourth-order valence-corrected chi connectivity index (χ4v) is 1.99. The largest absolute Gasteiger partial charge is 0.480 e. The molecule has 0 aliphatic carbocycles. The van der Waals surface area contributed by atoms with Gasteiger partial charge in [0.2, 0.25) is 5.91 Å². The summed E-state index contributed by atoms with van der Waals surface area (Å²) in [6, 6.07) is 6.34. The minimum absolute atomic E-state index is 0.0722. The predicted molar refractivity (Wildman–Crippen MR) is 72.2 cm³/mol. The zero-order valence-electron chi connectivity index (χ0n) is 10.3. The van der Waals surface area contributed by atoms with Crippen molar-refractivity contribution >= 4 is 34.4 Å². The summed E-state index contributed by atoms with van der Waals surface area (Å²) >= 11 is 5.88. The number of fused-ring (bicyclic) bond motifs is 1. The van der Waals surface area contributed by atoms with Gasteiger partial charge in [-0.3, -0.25) is 9.59 Å². The molecular formula is C13H13ClN2O3.